The van der Waals surface area contributed by atoms with Crippen LogP contribution in [0.3, 0.4) is 0 Å². The molecule has 5 nitrogen and oxygen atoms in total. The van der Waals surface area contributed by atoms with E-state index in [1.807, 2.05) is 26.0 Å². The molecule has 5 heteroatoms. The highest BCUT2D eigenvalue weighted by Gasteiger charge is 2.10. The molecule has 0 spiro atoms. The molecule has 0 bridgehead atoms. The molecule has 116 valence electrons. The van der Waals surface area contributed by atoms with Crippen LogP contribution in [0.15, 0.2) is 24.3 Å². The van der Waals surface area contributed by atoms with Crippen molar-refractivity contribution in [1.82, 2.24) is 10.6 Å². The molecule has 0 saturated carbocycles. The highest BCUT2D eigenvalue weighted by Crippen LogP contribution is 2.09. The molecule has 1 aromatic rings. The zero-order chi connectivity index (χ0) is 15.7. The van der Waals surface area contributed by atoms with Gasteiger partial charge in [-0.05, 0) is 25.0 Å². The van der Waals surface area contributed by atoms with Gasteiger partial charge in [-0.15, -0.1) is 0 Å². The first kappa shape index (κ1) is 17.2. The van der Waals surface area contributed by atoms with Gasteiger partial charge >= 0.3 is 5.97 Å². The molecule has 0 aromatic heterocycles. The van der Waals surface area contributed by atoms with Gasteiger partial charge in [0.2, 0.25) is 5.91 Å². The van der Waals surface area contributed by atoms with Gasteiger partial charge in [-0.25, -0.2) is 4.79 Å². The first-order chi connectivity index (χ1) is 10.1. The Labute approximate surface area is 126 Å². The molecule has 0 radical (unpaired) electrons. The normalized spacial score (nSPS) is 11.8. The molecule has 1 aromatic carbocycles. The molecule has 0 aliphatic rings. The highest BCUT2D eigenvalue weighted by atomic mass is 16.5. The minimum atomic E-state index is -0.345. The van der Waals surface area contributed by atoms with Crippen molar-refractivity contribution >= 4 is 11.9 Å². The highest BCUT2D eigenvalue weighted by molar-refractivity contribution is 5.90. The number of hydrogen-bond acceptors (Lipinski definition) is 4. The Balaban J connectivity index is 2.40. The minimum Gasteiger partial charge on any atom is -0.465 e. The van der Waals surface area contributed by atoms with Crippen LogP contribution in [0.1, 0.15) is 42.6 Å². The summed E-state index contributed by atoms with van der Waals surface area (Å²) in [5.74, 6) is -0.306. The van der Waals surface area contributed by atoms with Crippen LogP contribution in [0.4, 0.5) is 0 Å². The molecule has 0 fully saturated rings. The number of nitrogens with one attached hydrogen (secondary N) is 2. The Morgan fingerprint density at radius 3 is 2.67 bits per heavy atom. The van der Waals surface area contributed by atoms with E-state index in [9.17, 15) is 9.59 Å². The number of ether oxygens (including phenoxy) is 1. The summed E-state index contributed by atoms with van der Waals surface area (Å²) in [6.07, 6.45) is 1.34. The van der Waals surface area contributed by atoms with E-state index in [0.717, 1.165) is 12.0 Å². The number of rotatable bonds is 8. The molecular weight excluding hydrogens is 268 g/mol. The maximum Gasteiger partial charge on any atom is 0.338 e. The average Bonchev–Trinajstić information content (AvgIpc) is 2.51. The third-order valence-electron chi connectivity index (χ3n) is 3.29. The van der Waals surface area contributed by atoms with E-state index in [0.29, 0.717) is 25.1 Å². The van der Waals surface area contributed by atoms with Crippen LogP contribution >= 0.6 is 0 Å². The van der Waals surface area contributed by atoms with Crippen LogP contribution in [0.5, 0.6) is 0 Å². The predicted octanol–water partition coefficient (Wildman–Crippen LogP) is 1.87. The third kappa shape index (κ3) is 5.95. The topological polar surface area (TPSA) is 67.4 Å². The fourth-order valence-corrected chi connectivity index (χ4v) is 1.86. The molecule has 1 atom stereocenters. The van der Waals surface area contributed by atoms with Crippen LogP contribution in [-0.2, 0) is 16.1 Å². The molecule has 0 heterocycles. The lowest BCUT2D eigenvalue weighted by Crippen LogP contribution is -2.34. The fraction of sp³-hybridized carbons (Fsp3) is 0.500. The van der Waals surface area contributed by atoms with Crippen LogP contribution in [0.25, 0.3) is 0 Å². The van der Waals surface area contributed by atoms with Crippen molar-refractivity contribution in [2.75, 3.05) is 13.7 Å². The van der Waals surface area contributed by atoms with E-state index < -0.39 is 0 Å². The maximum absolute atomic E-state index is 11.6. The quantitative estimate of drug-likeness (QED) is 0.567. The van der Waals surface area contributed by atoms with Gasteiger partial charge in [0.25, 0.3) is 0 Å². The zero-order valence-electron chi connectivity index (χ0n) is 12.9. The van der Waals surface area contributed by atoms with Gasteiger partial charge in [0.05, 0.1) is 12.7 Å². The number of benzene rings is 1. The average molecular weight is 292 g/mol. The molecule has 21 heavy (non-hydrogen) atoms. The Kier molecular flexibility index (Phi) is 7.46. The van der Waals surface area contributed by atoms with Gasteiger partial charge in [0.15, 0.2) is 0 Å². The summed E-state index contributed by atoms with van der Waals surface area (Å²) in [6, 6.07) is 7.49. The van der Waals surface area contributed by atoms with Crippen molar-refractivity contribution in [2.45, 2.75) is 39.3 Å². The minimum absolute atomic E-state index is 0.0399. The van der Waals surface area contributed by atoms with E-state index >= 15 is 0 Å². The smallest absolute Gasteiger partial charge is 0.338 e. The predicted molar refractivity (Wildman–Crippen MR) is 82.0 cm³/mol. The van der Waals surface area contributed by atoms with Gasteiger partial charge in [0.1, 0.15) is 0 Å². The van der Waals surface area contributed by atoms with Crippen molar-refractivity contribution in [3.8, 4) is 0 Å². The maximum atomic E-state index is 11.6. The summed E-state index contributed by atoms with van der Waals surface area (Å²) < 4.78 is 4.75. The van der Waals surface area contributed by atoms with Gasteiger partial charge in [-0.3, -0.25) is 4.79 Å². The van der Waals surface area contributed by atoms with Crippen LogP contribution in [0.2, 0.25) is 0 Å². The van der Waals surface area contributed by atoms with Gasteiger partial charge in [-0.2, -0.15) is 0 Å². The standard InChI is InChI=1S/C16H24N2O3/c1-4-12(2)18-15(19)9-10-17-11-13-7-5-6-8-14(13)16(20)21-3/h5-8,12,17H,4,9-11H2,1-3H3,(H,18,19). The lowest BCUT2D eigenvalue weighted by molar-refractivity contribution is -0.121. The largest absolute Gasteiger partial charge is 0.465 e. The summed E-state index contributed by atoms with van der Waals surface area (Å²) in [5, 5.41) is 6.09. The number of carbonyl (C=O) groups excluding carboxylic acids is 2. The monoisotopic (exact) mass is 292 g/mol. The molecule has 1 amide bonds. The van der Waals surface area contributed by atoms with Crippen LogP contribution < -0.4 is 10.6 Å². The molecule has 0 aliphatic heterocycles. The summed E-state index contributed by atoms with van der Waals surface area (Å²) in [6.45, 7) is 5.12. The number of amides is 1. The van der Waals surface area contributed by atoms with E-state index in [2.05, 4.69) is 10.6 Å². The Morgan fingerprint density at radius 2 is 2.00 bits per heavy atom. The summed E-state index contributed by atoms with van der Waals surface area (Å²) in [4.78, 5) is 23.2. The zero-order valence-corrected chi connectivity index (χ0v) is 12.9. The summed E-state index contributed by atoms with van der Waals surface area (Å²) >= 11 is 0. The van der Waals surface area contributed by atoms with Crippen molar-refractivity contribution in [3.05, 3.63) is 35.4 Å². The molecule has 1 rings (SSSR count). The SMILES string of the molecule is CCC(C)NC(=O)CCNCc1ccccc1C(=O)OC. The van der Waals surface area contributed by atoms with Crippen LogP contribution in [-0.4, -0.2) is 31.6 Å². The summed E-state index contributed by atoms with van der Waals surface area (Å²) in [7, 11) is 1.37. The number of carbonyl (C=O) groups is 2. The first-order valence-corrected chi connectivity index (χ1v) is 7.24. The van der Waals surface area contributed by atoms with E-state index in [-0.39, 0.29) is 17.9 Å². The first-order valence-electron chi connectivity index (χ1n) is 7.24. The van der Waals surface area contributed by atoms with Gasteiger partial charge < -0.3 is 15.4 Å². The number of methoxy groups -OCH3 is 1. The summed E-state index contributed by atoms with van der Waals surface area (Å²) in [5.41, 5.74) is 1.42. The van der Waals surface area contributed by atoms with Gasteiger partial charge in [0, 0.05) is 25.6 Å². The molecule has 0 saturated heterocycles. The fourth-order valence-electron chi connectivity index (χ4n) is 1.86. The van der Waals surface area contributed by atoms with E-state index in [4.69, 9.17) is 4.74 Å². The lowest BCUT2D eigenvalue weighted by atomic mass is 10.1. The Bertz CT molecular complexity index is 474. The molecule has 1 unspecified atom stereocenters. The van der Waals surface area contributed by atoms with Gasteiger partial charge in [-0.1, -0.05) is 25.1 Å². The van der Waals surface area contributed by atoms with Crippen molar-refractivity contribution < 1.29 is 14.3 Å². The molecule has 2 N–H and O–H groups in total. The Morgan fingerprint density at radius 1 is 1.29 bits per heavy atom. The molecule has 0 aliphatic carbocycles. The second kappa shape index (κ2) is 9.13. The lowest BCUT2D eigenvalue weighted by Gasteiger charge is -2.12. The van der Waals surface area contributed by atoms with Crippen molar-refractivity contribution in [1.29, 1.82) is 0 Å². The van der Waals surface area contributed by atoms with E-state index in [1.165, 1.54) is 7.11 Å². The van der Waals surface area contributed by atoms with Crippen LogP contribution in [0, 0.1) is 0 Å². The second-order valence-corrected chi connectivity index (χ2v) is 4.95. The Hall–Kier alpha value is -1.88. The molecular formula is C16H24N2O3. The van der Waals surface area contributed by atoms with E-state index in [1.54, 1.807) is 12.1 Å². The second-order valence-electron chi connectivity index (χ2n) is 4.95. The number of esters is 1. The van der Waals surface area contributed by atoms with Crippen molar-refractivity contribution in [3.63, 3.8) is 0 Å². The van der Waals surface area contributed by atoms with Crippen molar-refractivity contribution in [2.24, 2.45) is 0 Å². The number of hydrogen-bond donors (Lipinski definition) is 2. The third-order valence-corrected chi connectivity index (χ3v) is 3.29.